The fourth-order valence-electron chi connectivity index (χ4n) is 1.12. The van der Waals surface area contributed by atoms with Crippen molar-refractivity contribution in [1.29, 1.82) is 0 Å². The summed E-state index contributed by atoms with van der Waals surface area (Å²) in [5.74, 6) is 0.694. The standard InChI is InChI=1S/C10H23NO/c1-9(2)7-11(8-12-6)10(3,4)5/h9H,7-8H2,1-6H3. The van der Waals surface area contributed by atoms with Crippen LogP contribution in [0, 0.1) is 5.92 Å². The SMILES string of the molecule is COCN(CC(C)C)C(C)(C)C. The average Bonchev–Trinajstić information content (AvgIpc) is 1.83. The number of hydrogen-bond acceptors (Lipinski definition) is 2. The molecule has 0 radical (unpaired) electrons. The second-order valence-electron chi connectivity index (χ2n) is 4.70. The Morgan fingerprint density at radius 3 is 2.00 bits per heavy atom. The molecule has 0 unspecified atom stereocenters. The van der Waals surface area contributed by atoms with Gasteiger partial charge in [-0.05, 0) is 26.7 Å². The summed E-state index contributed by atoms with van der Waals surface area (Å²) < 4.78 is 5.16. The molecule has 0 aromatic carbocycles. The van der Waals surface area contributed by atoms with Gasteiger partial charge in [0.2, 0.25) is 0 Å². The molecule has 2 heteroatoms. The van der Waals surface area contributed by atoms with Crippen LogP contribution in [0.15, 0.2) is 0 Å². The van der Waals surface area contributed by atoms with Gasteiger partial charge in [0.05, 0.1) is 6.73 Å². The van der Waals surface area contributed by atoms with Gasteiger partial charge in [-0.2, -0.15) is 0 Å². The summed E-state index contributed by atoms with van der Waals surface area (Å²) >= 11 is 0. The summed E-state index contributed by atoms with van der Waals surface area (Å²) in [6, 6.07) is 0. The molecule has 12 heavy (non-hydrogen) atoms. The van der Waals surface area contributed by atoms with Crippen molar-refractivity contribution < 1.29 is 4.74 Å². The van der Waals surface area contributed by atoms with Gasteiger partial charge in [-0.3, -0.25) is 4.90 Å². The third-order valence-corrected chi connectivity index (χ3v) is 1.82. The van der Waals surface area contributed by atoms with Crippen molar-refractivity contribution in [3.63, 3.8) is 0 Å². The van der Waals surface area contributed by atoms with E-state index >= 15 is 0 Å². The maximum Gasteiger partial charge on any atom is 0.0990 e. The number of nitrogens with zero attached hydrogens (tertiary/aromatic N) is 1. The van der Waals surface area contributed by atoms with E-state index in [0.717, 1.165) is 13.3 Å². The van der Waals surface area contributed by atoms with Crippen LogP contribution in [-0.2, 0) is 4.74 Å². The van der Waals surface area contributed by atoms with Gasteiger partial charge in [0.1, 0.15) is 0 Å². The smallest absolute Gasteiger partial charge is 0.0990 e. The first-order valence-corrected chi connectivity index (χ1v) is 4.62. The largest absolute Gasteiger partial charge is 0.369 e. The third-order valence-electron chi connectivity index (χ3n) is 1.82. The van der Waals surface area contributed by atoms with E-state index in [1.54, 1.807) is 7.11 Å². The molecular weight excluding hydrogens is 150 g/mol. The fraction of sp³-hybridized carbons (Fsp3) is 1.00. The lowest BCUT2D eigenvalue weighted by atomic mass is 10.0. The summed E-state index contributed by atoms with van der Waals surface area (Å²) in [4.78, 5) is 2.34. The molecule has 0 aliphatic carbocycles. The Balaban J connectivity index is 4.04. The molecule has 0 saturated carbocycles. The Hall–Kier alpha value is -0.0800. The van der Waals surface area contributed by atoms with E-state index in [1.807, 2.05) is 0 Å². The molecule has 0 aromatic heterocycles. The van der Waals surface area contributed by atoms with E-state index in [2.05, 4.69) is 39.5 Å². The van der Waals surface area contributed by atoms with Crippen molar-refractivity contribution in [2.75, 3.05) is 20.4 Å². The van der Waals surface area contributed by atoms with Crippen LogP contribution < -0.4 is 0 Å². The highest BCUT2D eigenvalue weighted by molar-refractivity contribution is 4.74. The zero-order chi connectivity index (χ0) is 9.78. The molecule has 0 amide bonds. The molecule has 0 bridgehead atoms. The minimum absolute atomic E-state index is 0.209. The molecule has 2 nitrogen and oxygen atoms in total. The molecule has 0 spiro atoms. The normalized spacial score (nSPS) is 13.0. The first kappa shape index (κ1) is 11.9. The summed E-state index contributed by atoms with van der Waals surface area (Å²) in [7, 11) is 1.75. The fourth-order valence-corrected chi connectivity index (χ4v) is 1.12. The summed E-state index contributed by atoms with van der Waals surface area (Å²) in [5.41, 5.74) is 0.209. The summed E-state index contributed by atoms with van der Waals surface area (Å²) in [6.45, 7) is 12.9. The molecule has 74 valence electrons. The lowest BCUT2D eigenvalue weighted by molar-refractivity contribution is -0.00215. The molecular formula is C10H23NO. The second kappa shape index (κ2) is 4.83. The minimum Gasteiger partial charge on any atom is -0.369 e. The molecule has 0 aliphatic rings. The maximum atomic E-state index is 5.16. The molecule has 0 atom stereocenters. The van der Waals surface area contributed by atoms with Crippen LogP contribution in [0.1, 0.15) is 34.6 Å². The Morgan fingerprint density at radius 2 is 1.75 bits per heavy atom. The predicted molar refractivity (Wildman–Crippen MR) is 53.2 cm³/mol. The van der Waals surface area contributed by atoms with Gasteiger partial charge in [0, 0.05) is 19.2 Å². The highest BCUT2D eigenvalue weighted by atomic mass is 16.5. The Morgan fingerprint density at radius 1 is 1.25 bits per heavy atom. The molecule has 0 aliphatic heterocycles. The molecule has 0 aromatic rings. The number of rotatable bonds is 4. The van der Waals surface area contributed by atoms with Crippen LogP contribution in [0.3, 0.4) is 0 Å². The Labute approximate surface area is 76.9 Å². The van der Waals surface area contributed by atoms with Gasteiger partial charge in [0.25, 0.3) is 0 Å². The molecule has 0 fully saturated rings. The monoisotopic (exact) mass is 173 g/mol. The van der Waals surface area contributed by atoms with E-state index in [4.69, 9.17) is 4.74 Å². The van der Waals surface area contributed by atoms with E-state index < -0.39 is 0 Å². The van der Waals surface area contributed by atoms with Crippen LogP contribution in [0.25, 0.3) is 0 Å². The summed E-state index contributed by atoms with van der Waals surface area (Å²) in [6.07, 6.45) is 0. The average molecular weight is 173 g/mol. The van der Waals surface area contributed by atoms with Gasteiger partial charge in [-0.15, -0.1) is 0 Å². The highest BCUT2D eigenvalue weighted by Gasteiger charge is 2.21. The third kappa shape index (κ3) is 4.73. The molecule has 0 N–H and O–H groups in total. The van der Waals surface area contributed by atoms with Crippen molar-refractivity contribution in [2.24, 2.45) is 5.92 Å². The van der Waals surface area contributed by atoms with Crippen LogP contribution in [0.4, 0.5) is 0 Å². The van der Waals surface area contributed by atoms with E-state index in [0.29, 0.717) is 5.92 Å². The highest BCUT2D eigenvalue weighted by Crippen LogP contribution is 2.14. The van der Waals surface area contributed by atoms with Gasteiger partial charge in [0.15, 0.2) is 0 Å². The zero-order valence-electron chi connectivity index (χ0n) is 9.35. The molecule has 0 heterocycles. The number of ether oxygens (including phenoxy) is 1. The van der Waals surface area contributed by atoms with Crippen LogP contribution >= 0.6 is 0 Å². The lowest BCUT2D eigenvalue weighted by Gasteiger charge is -2.36. The van der Waals surface area contributed by atoms with Gasteiger partial charge in [-0.25, -0.2) is 0 Å². The van der Waals surface area contributed by atoms with Crippen molar-refractivity contribution in [3.8, 4) is 0 Å². The predicted octanol–water partition coefficient (Wildman–Crippen LogP) is 2.35. The minimum atomic E-state index is 0.209. The first-order chi connectivity index (χ1) is 5.38. The quantitative estimate of drug-likeness (QED) is 0.605. The van der Waals surface area contributed by atoms with Crippen molar-refractivity contribution in [2.45, 2.75) is 40.2 Å². The maximum absolute atomic E-state index is 5.16. The van der Waals surface area contributed by atoms with E-state index in [9.17, 15) is 0 Å². The van der Waals surface area contributed by atoms with Crippen LogP contribution in [-0.4, -0.2) is 30.8 Å². The van der Waals surface area contributed by atoms with Gasteiger partial charge >= 0.3 is 0 Å². The second-order valence-corrected chi connectivity index (χ2v) is 4.70. The molecule has 0 rings (SSSR count). The Kier molecular flexibility index (Phi) is 4.80. The van der Waals surface area contributed by atoms with Crippen molar-refractivity contribution >= 4 is 0 Å². The van der Waals surface area contributed by atoms with Crippen LogP contribution in [0.5, 0.6) is 0 Å². The van der Waals surface area contributed by atoms with Crippen molar-refractivity contribution in [1.82, 2.24) is 4.90 Å². The van der Waals surface area contributed by atoms with E-state index in [-0.39, 0.29) is 5.54 Å². The number of hydrogen-bond donors (Lipinski definition) is 0. The zero-order valence-corrected chi connectivity index (χ0v) is 9.35. The Bertz CT molecular complexity index is 115. The van der Waals surface area contributed by atoms with Crippen molar-refractivity contribution in [3.05, 3.63) is 0 Å². The lowest BCUT2D eigenvalue weighted by Crippen LogP contribution is -2.44. The summed E-state index contributed by atoms with van der Waals surface area (Å²) in [5, 5.41) is 0. The van der Waals surface area contributed by atoms with Gasteiger partial charge in [-0.1, -0.05) is 13.8 Å². The first-order valence-electron chi connectivity index (χ1n) is 4.62. The topological polar surface area (TPSA) is 12.5 Å². The van der Waals surface area contributed by atoms with Crippen LogP contribution in [0.2, 0.25) is 0 Å². The molecule has 0 saturated heterocycles. The number of methoxy groups -OCH3 is 1. The van der Waals surface area contributed by atoms with Gasteiger partial charge < -0.3 is 4.74 Å². The van der Waals surface area contributed by atoms with E-state index in [1.165, 1.54) is 0 Å².